The first-order valence-corrected chi connectivity index (χ1v) is 9.49. The lowest BCUT2D eigenvalue weighted by Crippen LogP contribution is -2.32. The van der Waals surface area contributed by atoms with Crippen molar-refractivity contribution >= 4 is 5.91 Å². The second kappa shape index (κ2) is 8.23. The van der Waals surface area contributed by atoms with Crippen LogP contribution in [0.3, 0.4) is 0 Å². The van der Waals surface area contributed by atoms with E-state index in [2.05, 4.69) is 46.3 Å². The average Bonchev–Trinajstić information content (AvgIpc) is 2.73. The van der Waals surface area contributed by atoms with Crippen LogP contribution in [0.4, 0.5) is 0 Å². The number of carbonyl (C=O) groups is 1. The van der Waals surface area contributed by atoms with Crippen LogP contribution in [-0.4, -0.2) is 28.9 Å². The summed E-state index contributed by atoms with van der Waals surface area (Å²) in [5.74, 6) is 0.536. The molecule has 28 heavy (non-hydrogen) atoms. The summed E-state index contributed by atoms with van der Waals surface area (Å²) in [5.41, 5.74) is 9.83. The standard InChI is InChI=1S/C23H23N3O2/c24-23(27)21-15-25-12-9-22(21)28-20-7-5-17(6-8-20)10-13-26-14-11-18-3-1-2-4-19(18)16-26/h1-9,12,15H,10-11,13-14,16H2,(H2,24,27). The molecule has 3 aromatic rings. The molecule has 0 saturated heterocycles. The number of nitrogens with zero attached hydrogens (tertiary/aromatic N) is 2. The molecule has 2 heterocycles. The van der Waals surface area contributed by atoms with Crippen LogP contribution < -0.4 is 10.5 Å². The second-order valence-corrected chi connectivity index (χ2v) is 7.03. The Hall–Kier alpha value is -3.18. The zero-order valence-electron chi connectivity index (χ0n) is 15.7. The fraction of sp³-hybridized carbons (Fsp3) is 0.217. The molecule has 2 aromatic carbocycles. The van der Waals surface area contributed by atoms with Crippen molar-refractivity contribution in [3.05, 3.63) is 89.2 Å². The van der Waals surface area contributed by atoms with Gasteiger partial charge in [-0.05, 0) is 47.7 Å². The number of carbonyl (C=O) groups excluding carboxylic acids is 1. The molecule has 5 nitrogen and oxygen atoms in total. The van der Waals surface area contributed by atoms with E-state index in [1.165, 1.54) is 22.9 Å². The molecule has 5 heteroatoms. The third kappa shape index (κ3) is 4.21. The summed E-state index contributed by atoms with van der Waals surface area (Å²) in [6.07, 6.45) is 5.11. The predicted octanol–water partition coefficient (Wildman–Crippen LogP) is 3.57. The molecule has 0 fully saturated rings. The molecule has 1 aromatic heterocycles. The summed E-state index contributed by atoms with van der Waals surface area (Å²) in [6, 6.07) is 18.3. The Balaban J connectivity index is 1.35. The van der Waals surface area contributed by atoms with Gasteiger partial charge >= 0.3 is 0 Å². The Bertz CT molecular complexity index is 970. The lowest BCUT2D eigenvalue weighted by Gasteiger charge is -2.28. The number of amides is 1. The third-order valence-electron chi connectivity index (χ3n) is 5.12. The molecule has 2 N–H and O–H groups in total. The first-order chi connectivity index (χ1) is 13.7. The quantitative estimate of drug-likeness (QED) is 0.717. The van der Waals surface area contributed by atoms with Gasteiger partial charge < -0.3 is 10.5 Å². The van der Waals surface area contributed by atoms with E-state index in [-0.39, 0.29) is 5.56 Å². The Morgan fingerprint density at radius 1 is 1.07 bits per heavy atom. The number of aromatic nitrogens is 1. The van der Waals surface area contributed by atoms with Crippen molar-refractivity contribution in [3.8, 4) is 11.5 Å². The molecule has 0 saturated carbocycles. The predicted molar refractivity (Wildman–Crippen MR) is 108 cm³/mol. The average molecular weight is 373 g/mol. The number of fused-ring (bicyclic) bond motifs is 1. The van der Waals surface area contributed by atoms with Crippen molar-refractivity contribution in [1.82, 2.24) is 9.88 Å². The van der Waals surface area contributed by atoms with Crippen LogP contribution in [0.2, 0.25) is 0 Å². The van der Waals surface area contributed by atoms with E-state index in [0.29, 0.717) is 11.5 Å². The van der Waals surface area contributed by atoms with Gasteiger partial charge in [0, 0.05) is 32.0 Å². The van der Waals surface area contributed by atoms with Crippen molar-refractivity contribution < 1.29 is 9.53 Å². The van der Waals surface area contributed by atoms with E-state index in [1.54, 1.807) is 12.3 Å². The number of rotatable bonds is 6. The highest BCUT2D eigenvalue weighted by atomic mass is 16.5. The van der Waals surface area contributed by atoms with E-state index in [1.807, 2.05) is 12.1 Å². The molecular weight excluding hydrogens is 350 g/mol. The summed E-state index contributed by atoms with van der Waals surface area (Å²) in [5, 5.41) is 0. The topological polar surface area (TPSA) is 68.5 Å². The minimum Gasteiger partial charge on any atom is -0.456 e. The molecule has 1 aliphatic rings. The Morgan fingerprint density at radius 2 is 1.86 bits per heavy atom. The second-order valence-electron chi connectivity index (χ2n) is 7.03. The van der Waals surface area contributed by atoms with Crippen LogP contribution in [0, 0.1) is 0 Å². The Kier molecular flexibility index (Phi) is 5.35. The van der Waals surface area contributed by atoms with Crippen LogP contribution in [0.5, 0.6) is 11.5 Å². The fourth-order valence-electron chi connectivity index (χ4n) is 3.54. The van der Waals surface area contributed by atoms with Gasteiger partial charge in [-0.25, -0.2) is 0 Å². The van der Waals surface area contributed by atoms with Crippen LogP contribution in [0.25, 0.3) is 0 Å². The summed E-state index contributed by atoms with van der Waals surface area (Å²) >= 11 is 0. The largest absolute Gasteiger partial charge is 0.456 e. The molecular formula is C23H23N3O2. The molecule has 1 aliphatic heterocycles. The molecule has 0 unspecified atom stereocenters. The number of benzene rings is 2. The van der Waals surface area contributed by atoms with Crippen LogP contribution in [0.1, 0.15) is 27.0 Å². The van der Waals surface area contributed by atoms with Gasteiger partial charge in [-0.2, -0.15) is 0 Å². The van der Waals surface area contributed by atoms with Gasteiger partial charge in [0.1, 0.15) is 17.1 Å². The van der Waals surface area contributed by atoms with Crippen molar-refractivity contribution in [3.63, 3.8) is 0 Å². The maximum absolute atomic E-state index is 11.5. The van der Waals surface area contributed by atoms with Crippen LogP contribution >= 0.6 is 0 Å². The van der Waals surface area contributed by atoms with E-state index in [4.69, 9.17) is 10.5 Å². The Morgan fingerprint density at radius 3 is 2.64 bits per heavy atom. The minimum atomic E-state index is -0.553. The number of ether oxygens (including phenoxy) is 1. The van der Waals surface area contributed by atoms with Crippen LogP contribution in [0.15, 0.2) is 67.0 Å². The van der Waals surface area contributed by atoms with Crippen molar-refractivity contribution in [1.29, 1.82) is 0 Å². The summed E-state index contributed by atoms with van der Waals surface area (Å²) in [4.78, 5) is 17.9. The number of hydrogen-bond acceptors (Lipinski definition) is 4. The smallest absolute Gasteiger partial charge is 0.254 e. The molecule has 4 rings (SSSR count). The molecule has 1 amide bonds. The maximum atomic E-state index is 11.5. The van der Waals surface area contributed by atoms with Crippen LogP contribution in [-0.2, 0) is 19.4 Å². The monoisotopic (exact) mass is 373 g/mol. The summed E-state index contributed by atoms with van der Waals surface area (Å²) < 4.78 is 5.81. The zero-order chi connectivity index (χ0) is 19.3. The number of nitrogens with two attached hydrogens (primary N) is 1. The van der Waals surface area contributed by atoms with Crippen molar-refractivity contribution in [2.45, 2.75) is 19.4 Å². The molecule has 0 bridgehead atoms. The molecule has 0 aliphatic carbocycles. The molecule has 0 spiro atoms. The number of pyridine rings is 1. The van der Waals surface area contributed by atoms with Gasteiger partial charge in [-0.15, -0.1) is 0 Å². The lowest BCUT2D eigenvalue weighted by atomic mass is 9.99. The number of primary amides is 1. The van der Waals surface area contributed by atoms with Gasteiger partial charge in [0.25, 0.3) is 5.91 Å². The van der Waals surface area contributed by atoms with Crippen molar-refractivity contribution in [2.24, 2.45) is 5.73 Å². The van der Waals surface area contributed by atoms with Gasteiger partial charge in [0.2, 0.25) is 0 Å². The summed E-state index contributed by atoms with van der Waals surface area (Å²) in [6.45, 7) is 3.16. The Labute approximate surface area is 164 Å². The fourth-order valence-corrected chi connectivity index (χ4v) is 3.54. The van der Waals surface area contributed by atoms with E-state index in [0.717, 1.165) is 32.5 Å². The van der Waals surface area contributed by atoms with Crippen molar-refractivity contribution in [2.75, 3.05) is 13.1 Å². The lowest BCUT2D eigenvalue weighted by molar-refractivity contribution is 0.0997. The molecule has 142 valence electrons. The molecule has 0 atom stereocenters. The van der Waals surface area contributed by atoms with Gasteiger partial charge in [0.15, 0.2) is 0 Å². The highest BCUT2D eigenvalue weighted by Crippen LogP contribution is 2.25. The number of hydrogen-bond donors (Lipinski definition) is 1. The molecule has 0 radical (unpaired) electrons. The third-order valence-corrected chi connectivity index (χ3v) is 5.12. The van der Waals surface area contributed by atoms with E-state index < -0.39 is 5.91 Å². The first kappa shape index (κ1) is 18.2. The normalized spacial score (nSPS) is 13.7. The highest BCUT2D eigenvalue weighted by Gasteiger charge is 2.15. The van der Waals surface area contributed by atoms with E-state index in [9.17, 15) is 4.79 Å². The summed E-state index contributed by atoms with van der Waals surface area (Å²) in [7, 11) is 0. The maximum Gasteiger partial charge on any atom is 0.254 e. The zero-order valence-corrected chi connectivity index (χ0v) is 15.7. The first-order valence-electron chi connectivity index (χ1n) is 9.49. The SMILES string of the molecule is NC(=O)c1cnccc1Oc1ccc(CCN2CCc3ccccc3C2)cc1. The van der Waals surface area contributed by atoms with Gasteiger partial charge in [0.05, 0.1) is 0 Å². The highest BCUT2D eigenvalue weighted by molar-refractivity contribution is 5.95. The van der Waals surface area contributed by atoms with E-state index >= 15 is 0 Å². The minimum absolute atomic E-state index is 0.275. The van der Waals surface area contributed by atoms with Gasteiger partial charge in [-0.3, -0.25) is 14.7 Å². The van der Waals surface area contributed by atoms with Gasteiger partial charge in [-0.1, -0.05) is 36.4 Å².